The minimum absolute atomic E-state index is 0.276. The number of hydrogen-bond acceptors (Lipinski definition) is 2. The summed E-state index contributed by atoms with van der Waals surface area (Å²) in [5, 5.41) is 0. The highest BCUT2D eigenvalue weighted by atomic mass is 32.1. The minimum atomic E-state index is 0.276. The molecule has 0 heterocycles. The van der Waals surface area contributed by atoms with Crippen molar-refractivity contribution in [1.82, 2.24) is 0 Å². The first-order chi connectivity index (χ1) is 4.18. The fourth-order valence-corrected chi connectivity index (χ4v) is 1.14. The Kier molecular flexibility index (Phi) is 4.32. The van der Waals surface area contributed by atoms with Crippen molar-refractivity contribution in [2.45, 2.75) is 26.7 Å². The van der Waals surface area contributed by atoms with E-state index in [-0.39, 0.29) is 5.41 Å². The van der Waals surface area contributed by atoms with Gasteiger partial charge in [0.25, 0.3) is 0 Å². The van der Waals surface area contributed by atoms with Crippen LogP contribution in [-0.4, -0.2) is 12.3 Å². The quantitative estimate of drug-likeness (QED) is 0.581. The third-order valence-corrected chi connectivity index (χ3v) is 2.49. The lowest BCUT2D eigenvalue weighted by Crippen LogP contribution is -2.28. The second kappa shape index (κ2) is 4.18. The maximum absolute atomic E-state index is 5.55. The van der Waals surface area contributed by atoms with Gasteiger partial charge in [0.15, 0.2) is 0 Å². The smallest absolute Gasteiger partial charge is 0.00154 e. The number of rotatable bonds is 4. The van der Waals surface area contributed by atoms with Gasteiger partial charge in [-0.15, -0.1) is 0 Å². The minimum Gasteiger partial charge on any atom is -0.330 e. The molecule has 1 atom stereocenters. The summed E-state index contributed by atoms with van der Waals surface area (Å²) < 4.78 is 0. The molecule has 0 radical (unpaired) electrons. The predicted molar refractivity (Wildman–Crippen MR) is 45.9 cm³/mol. The monoisotopic (exact) mass is 147 g/mol. The van der Waals surface area contributed by atoms with Crippen molar-refractivity contribution in [1.29, 1.82) is 0 Å². The van der Waals surface area contributed by atoms with Gasteiger partial charge in [-0.05, 0) is 24.1 Å². The standard InChI is InChI=1S/C7H17NS/c1-3-4-7(2,5-8)6-9/h9H,3-6,8H2,1-2H3. The van der Waals surface area contributed by atoms with Crippen molar-refractivity contribution >= 4 is 12.6 Å². The SMILES string of the molecule is CCCC(C)(CN)CS. The molecule has 0 aliphatic heterocycles. The van der Waals surface area contributed by atoms with Crippen LogP contribution in [0.25, 0.3) is 0 Å². The normalized spacial score (nSPS) is 17.3. The Morgan fingerprint density at radius 1 is 1.56 bits per heavy atom. The van der Waals surface area contributed by atoms with Crippen molar-refractivity contribution in [3.05, 3.63) is 0 Å². The van der Waals surface area contributed by atoms with Gasteiger partial charge in [-0.25, -0.2) is 0 Å². The zero-order chi connectivity index (χ0) is 7.33. The zero-order valence-electron chi connectivity index (χ0n) is 6.35. The zero-order valence-corrected chi connectivity index (χ0v) is 7.25. The van der Waals surface area contributed by atoms with Gasteiger partial charge in [0, 0.05) is 0 Å². The van der Waals surface area contributed by atoms with E-state index in [4.69, 9.17) is 5.73 Å². The van der Waals surface area contributed by atoms with Gasteiger partial charge in [-0.2, -0.15) is 12.6 Å². The first-order valence-corrected chi connectivity index (χ1v) is 4.12. The Hall–Kier alpha value is 0.310. The molecule has 0 aromatic carbocycles. The summed E-state index contributed by atoms with van der Waals surface area (Å²) in [4.78, 5) is 0. The summed E-state index contributed by atoms with van der Waals surface area (Å²) >= 11 is 4.24. The second-order valence-electron chi connectivity index (χ2n) is 2.92. The highest BCUT2D eigenvalue weighted by molar-refractivity contribution is 7.80. The fraction of sp³-hybridized carbons (Fsp3) is 1.00. The number of thiol groups is 1. The first kappa shape index (κ1) is 9.31. The first-order valence-electron chi connectivity index (χ1n) is 3.49. The summed E-state index contributed by atoms with van der Waals surface area (Å²) in [6.45, 7) is 5.12. The molecule has 0 bridgehead atoms. The van der Waals surface area contributed by atoms with Crippen LogP contribution >= 0.6 is 12.6 Å². The molecule has 56 valence electrons. The van der Waals surface area contributed by atoms with Crippen molar-refractivity contribution in [2.24, 2.45) is 11.1 Å². The van der Waals surface area contributed by atoms with E-state index in [1.165, 1.54) is 12.8 Å². The van der Waals surface area contributed by atoms with E-state index in [0.29, 0.717) is 0 Å². The Morgan fingerprint density at radius 3 is 2.22 bits per heavy atom. The molecule has 0 aromatic heterocycles. The van der Waals surface area contributed by atoms with Crippen LogP contribution in [0, 0.1) is 5.41 Å². The van der Waals surface area contributed by atoms with Crippen LogP contribution in [-0.2, 0) is 0 Å². The van der Waals surface area contributed by atoms with Gasteiger partial charge in [0.2, 0.25) is 0 Å². The number of hydrogen-bond donors (Lipinski definition) is 2. The molecule has 2 heteroatoms. The van der Waals surface area contributed by atoms with Gasteiger partial charge < -0.3 is 5.73 Å². The third kappa shape index (κ3) is 3.11. The molecule has 0 aliphatic rings. The second-order valence-corrected chi connectivity index (χ2v) is 3.24. The predicted octanol–water partition coefficient (Wildman–Crippen LogP) is 1.68. The van der Waals surface area contributed by atoms with Crippen LogP contribution in [0.2, 0.25) is 0 Å². The molecule has 9 heavy (non-hydrogen) atoms. The van der Waals surface area contributed by atoms with Gasteiger partial charge >= 0.3 is 0 Å². The maximum Gasteiger partial charge on any atom is -0.00154 e. The molecule has 0 saturated carbocycles. The molecule has 0 aliphatic carbocycles. The van der Waals surface area contributed by atoms with Crippen LogP contribution in [0.5, 0.6) is 0 Å². The van der Waals surface area contributed by atoms with Gasteiger partial charge in [-0.1, -0.05) is 20.3 Å². The van der Waals surface area contributed by atoms with Crippen LogP contribution < -0.4 is 5.73 Å². The van der Waals surface area contributed by atoms with E-state index in [9.17, 15) is 0 Å². The van der Waals surface area contributed by atoms with Crippen molar-refractivity contribution in [3.8, 4) is 0 Å². The molecular formula is C7H17NS. The molecule has 0 spiro atoms. The van der Waals surface area contributed by atoms with E-state index in [2.05, 4.69) is 26.5 Å². The molecule has 2 N–H and O–H groups in total. The highest BCUT2D eigenvalue weighted by Crippen LogP contribution is 2.22. The molecule has 0 fully saturated rings. The summed E-state index contributed by atoms with van der Waals surface area (Å²) in [6.07, 6.45) is 2.39. The Labute approximate surface area is 63.4 Å². The molecule has 0 amide bonds. The molecule has 0 saturated heterocycles. The van der Waals surface area contributed by atoms with E-state index in [1.54, 1.807) is 0 Å². The summed E-state index contributed by atoms with van der Waals surface area (Å²) in [5.74, 6) is 0.900. The van der Waals surface area contributed by atoms with Gasteiger partial charge in [0.1, 0.15) is 0 Å². The van der Waals surface area contributed by atoms with E-state index < -0.39 is 0 Å². The fourth-order valence-electron chi connectivity index (χ4n) is 0.849. The summed E-state index contributed by atoms with van der Waals surface area (Å²) in [5.41, 5.74) is 5.83. The maximum atomic E-state index is 5.55. The van der Waals surface area contributed by atoms with E-state index in [0.717, 1.165) is 12.3 Å². The average molecular weight is 147 g/mol. The lowest BCUT2D eigenvalue weighted by atomic mass is 9.88. The Bertz CT molecular complexity index is 69.3. The topological polar surface area (TPSA) is 26.0 Å². The van der Waals surface area contributed by atoms with Gasteiger partial charge in [0.05, 0.1) is 0 Å². The lowest BCUT2D eigenvalue weighted by Gasteiger charge is -2.24. The Morgan fingerprint density at radius 2 is 2.11 bits per heavy atom. The van der Waals surface area contributed by atoms with E-state index >= 15 is 0 Å². The number of nitrogens with two attached hydrogens (primary N) is 1. The van der Waals surface area contributed by atoms with E-state index in [1.807, 2.05) is 0 Å². The largest absolute Gasteiger partial charge is 0.330 e. The van der Waals surface area contributed by atoms with Crippen molar-refractivity contribution < 1.29 is 0 Å². The van der Waals surface area contributed by atoms with Crippen LogP contribution in [0.3, 0.4) is 0 Å². The summed E-state index contributed by atoms with van der Waals surface area (Å²) in [6, 6.07) is 0. The molecule has 0 aromatic rings. The lowest BCUT2D eigenvalue weighted by molar-refractivity contribution is 0.353. The van der Waals surface area contributed by atoms with Crippen LogP contribution in [0.15, 0.2) is 0 Å². The molecule has 1 nitrogen and oxygen atoms in total. The van der Waals surface area contributed by atoms with Gasteiger partial charge in [-0.3, -0.25) is 0 Å². The summed E-state index contributed by atoms with van der Waals surface area (Å²) in [7, 11) is 0. The molecular weight excluding hydrogens is 130 g/mol. The Balaban J connectivity index is 3.62. The highest BCUT2D eigenvalue weighted by Gasteiger charge is 2.18. The van der Waals surface area contributed by atoms with Crippen LogP contribution in [0.4, 0.5) is 0 Å². The van der Waals surface area contributed by atoms with Crippen LogP contribution in [0.1, 0.15) is 26.7 Å². The van der Waals surface area contributed by atoms with Crippen molar-refractivity contribution in [3.63, 3.8) is 0 Å². The average Bonchev–Trinajstić information content (AvgIpc) is 1.89. The van der Waals surface area contributed by atoms with Crippen molar-refractivity contribution in [2.75, 3.05) is 12.3 Å². The third-order valence-electron chi connectivity index (χ3n) is 1.73. The molecule has 0 rings (SSSR count). The molecule has 1 unspecified atom stereocenters.